The molecule has 0 radical (unpaired) electrons. The zero-order valence-corrected chi connectivity index (χ0v) is 8.52. The van der Waals surface area contributed by atoms with Crippen molar-refractivity contribution in [1.29, 1.82) is 0 Å². The van der Waals surface area contributed by atoms with Gasteiger partial charge in [-0.25, -0.2) is 0 Å². The number of rotatable bonds is 1. The molecular formula is C7H15NOSi. The van der Waals surface area contributed by atoms with Crippen molar-refractivity contribution in [3.05, 3.63) is 0 Å². The zero-order valence-electron chi connectivity index (χ0n) is 6.52. The SMILES string of the molecule is O=C(N[SiH3])C1CCCCC1. The highest BCUT2D eigenvalue weighted by molar-refractivity contribution is 6.14. The molecule has 1 aliphatic rings. The highest BCUT2D eigenvalue weighted by Gasteiger charge is 2.18. The summed E-state index contributed by atoms with van der Waals surface area (Å²) in [7, 11) is 0.807. The van der Waals surface area contributed by atoms with Crippen LogP contribution in [0.25, 0.3) is 0 Å². The van der Waals surface area contributed by atoms with Gasteiger partial charge in [-0.05, 0) is 12.8 Å². The van der Waals surface area contributed by atoms with Gasteiger partial charge in [0.25, 0.3) is 0 Å². The maximum Gasteiger partial charge on any atom is 0.214 e. The van der Waals surface area contributed by atoms with Crippen molar-refractivity contribution < 1.29 is 4.79 Å². The predicted octanol–water partition coefficient (Wildman–Crippen LogP) is -0.0367. The van der Waals surface area contributed by atoms with Crippen LogP contribution in [-0.4, -0.2) is 16.3 Å². The highest BCUT2D eigenvalue weighted by Crippen LogP contribution is 2.23. The average molecular weight is 157 g/mol. The van der Waals surface area contributed by atoms with Gasteiger partial charge in [0.05, 0.1) is 0 Å². The molecule has 0 aliphatic heterocycles. The van der Waals surface area contributed by atoms with Gasteiger partial charge in [0.15, 0.2) is 0 Å². The van der Waals surface area contributed by atoms with Gasteiger partial charge in [-0.2, -0.15) is 0 Å². The first-order valence-corrected chi connectivity index (χ1v) is 5.06. The van der Waals surface area contributed by atoms with E-state index >= 15 is 0 Å². The zero-order chi connectivity index (χ0) is 7.40. The molecule has 0 heterocycles. The smallest absolute Gasteiger partial charge is 0.214 e. The molecule has 1 amide bonds. The normalized spacial score (nSPS) is 20.8. The van der Waals surface area contributed by atoms with Crippen LogP contribution in [-0.2, 0) is 4.79 Å². The van der Waals surface area contributed by atoms with E-state index in [9.17, 15) is 4.79 Å². The lowest BCUT2D eigenvalue weighted by atomic mass is 9.89. The second-order valence-electron chi connectivity index (χ2n) is 2.95. The number of hydrogen-bond acceptors (Lipinski definition) is 1. The lowest BCUT2D eigenvalue weighted by Gasteiger charge is -2.19. The van der Waals surface area contributed by atoms with Crippen molar-refractivity contribution in [1.82, 2.24) is 4.98 Å². The summed E-state index contributed by atoms with van der Waals surface area (Å²) in [5.74, 6) is 0.651. The lowest BCUT2D eigenvalue weighted by Crippen LogP contribution is -2.29. The Morgan fingerprint density at radius 3 is 2.40 bits per heavy atom. The first kappa shape index (κ1) is 7.79. The molecule has 10 heavy (non-hydrogen) atoms. The molecule has 0 aromatic carbocycles. The molecule has 2 nitrogen and oxygen atoms in total. The van der Waals surface area contributed by atoms with E-state index in [1.54, 1.807) is 0 Å². The Morgan fingerprint density at radius 1 is 1.30 bits per heavy atom. The summed E-state index contributed by atoms with van der Waals surface area (Å²) in [5.41, 5.74) is 0. The first-order valence-electron chi connectivity index (χ1n) is 4.06. The lowest BCUT2D eigenvalue weighted by molar-refractivity contribution is -0.124. The second-order valence-corrected chi connectivity index (χ2v) is 3.45. The first-order chi connectivity index (χ1) is 4.84. The van der Waals surface area contributed by atoms with Gasteiger partial charge >= 0.3 is 0 Å². The van der Waals surface area contributed by atoms with Crippen LogP contribution in [0.2, 0.25) is 0 Å². The van der Waals surface area contributed by atoms with Crippen LogP contribution in [0, 0.1) is 5.92 Å². The number of carbonyl (C=O) groups excluding carboxylic acids is 1. The third-order valence-corrected chi connectivity index (χ3v) is 2.72. The Balaban J connectivity index is 2.31. The van der Waals surface area contributed by atoms with E-state index in [-0.39, 0.29) is 0 Å². The minimum atomic E-state index is 0.298. The van der Waals surface area contributed by atoms with E-state index in [2.05, 4.69) is 4.98 Å². The highest BCUT2D eigenvalue weighted by atomic mass is 28.2. The quantitative estimate of drug-likeness (QED) is 0.532. The summed E-state index contributed by atoms with van der Waals surface area (Å²) in [5, 5.41) is 0. The average Bonchev–Trinajstić information content (AvgIpc) is 2.05. The fraction of sp³-hybridized carbons (Fsp3) is 0.857. The van der Waals surface area contributed by atoms with Gasteiger partial charge in [0.2, 0.25) is 5.91 Å². The van der Waals surface area contributed by atoms with Crippen LogP contribution >= 0.6 is 0 Å². The van der Waals surface area contributed by atoms with Crippen molar-refractivity contribution >= 4 is 16.3 Å². The van der Waals surface area contributed by atoms with Crippen molar-refractivity contribution in [2.24, 2.45) is 5.92 Å². The van der Waals surface area contributed by atoms with E-state index in [4.69, 9.17) is 0 Å². The molecule has 1 N–H and O–H groups in total. The molecule has 1 fully saturated rings. The van der Waals surface area contributed by atoms with Gasteiger partial charge in [-0.3, -0.25) is 4.79 Å². The standard InChI is InChI=1S/C7H15NOSi/c9-7(8-10)6-4-2-1-3-5-6/h6H,1-5H2,10H3,(H,8,9). The van der Waals surface area contributed by atoms with Crippen LogP contribution in [0.4, 0.5) is 0 Å². The Hall–Kier alpha value is -0.313. The molecule has 1 aliphatic carbocycles. The maximum atomic E-state index is 11.1. The van der Waals surface area contributed by atoms with Crippen molar-refractivity contribution in [2.75, 3.05) is 0 Å². The molecule has 1 rings (SSSR count). The third-order valence-electron chi connectivity index (χ3n) is 2.22. The summed E-state index contributed by atoms with van der Waals surface area (Å²) in [6.07, 6.45) is 6.06. The Labute approximate surface area is 64.9 Å². The van der Waals surface area contributed by atoms with Crippen molar-refractivity contribution in [3.63, 3.8) is 0 Å². The van der Waals surface area contributed by atoms with Crippen LogP contribution < -0.4 is 4.98 Å². The van der Waals surface area contributed by atoms with Gasteiger partial charge in [0, 0.05) is 5.92 Å². The van der Waals surface area contributed by atoms with E-state index in [1.807, 2.05) is 0 Å². The van der Waals surface area contributed by atoms with Crippen molar-refractivity contribution in [3.8, 4) is 0 Å². The molecule has 0 saturated heterocycles. The maximum absolute atomic E-state index is 11.1. The number of carbonyl (C=O) groups is 1. The molecule has 0 aromatic rings. The summed E-state index contributed by atoms with van der Waals surface area (Å²) in [6.45, 7) is 0. The van der Waals surface area contributed by atoms with Gasteiger partial charge in [-0.15, -0.1) is 0 Å². The number of nitrogens with one attached hydrogen (secondary N) is 1. The monoisotopic (exact) mass is 157 g/mol. The van der Waals surface area contributed by atoms with Crippen LogP contribution in [0.15, 0.2) is 0 Å². The summed E-state index contributed by atoms with van der Waals surface area (Å²) in [4.78, 5) is 13.9. The summed E-state index contributed by atoms with van der Waals surface area (Å²) < 4.78 is 0. The molecule has 58 valence electrons. The molecule has 0 spiro atoms. The minimum Gasteiger partial charge on any atom is -0.390 e. The molecule has 1 saturated carbocycles. The van der Waals surface area contributed by atoms with E-state index in [0.29, 0.717) is 11.8 Å². The second kappa shape index (κ2) is 3.76. The molecule has 0 unspecified atom stereocenters. The molecule has 0 aromatic heterocycles. The number of amides is 1. The predicted molar refractivity (Wildman–Crippen MR) is 44.7 cm³/mol. The number of hydrogen-bond donors (Lipinski definition) is 1. The largest absolute Gasteiger partial charge is 0.390 e. The van der Waals surface area contributed by atoms with Crippen LogP contribution in [0.5, 0.6) is 0 Å². The van der Waals surface area contributed by atoms with Crippen molar-refractivity contribution in [2.45, 2.75) is 32.1 Å². The minimum absolute atomic E-state index is 0.298. The molecule has 0 bridgehead atoms. The topological polar surface area (TPSA) is 29.1 Å². The molecular weight excluding hydrogens is 142 g/mol. The van der Waals surface area contributed by atoms with E-state index in [1.165, 1.54) is 19.3 Å². The van der Waals surface area contributed by atoms with E-state index < -0.39 is 0 Å². The fourth-order valence-corrected chi connectivity index (χ4v) is 1.98. The van der Waals surface area contributed by atoms with Crippen LogP contribution in [0.3, 0.4) is 0 Å². The van der Waals surface area contributed by atoms with Gasteiger partial charge < -0.3 is 4.98 Å². The fourth-order valence-electron chi connectivity index (χ4n) is 1.57. The summed E-state index contributed by atoms with van der Waals surface area (Å²) in [6, 6.07) is 0. The van der Waals surface area contributed by atoms with Gasteiger partial charge in [0.1, 0.15) is 10.4 Å². The molecule has 3 heteroatoms. The third kappa shape index (κ3) is 1.83. The van der Waals surface area contributed by atoms with Crippen LogP contribution in [0.1, 0.15) is 32.1 Å². The Bertz CT molecular complexity index is 121. The van der Waals surface area contributed by atoms with Gasteiger partial charge in [-0.1, -0.05) is 19.3 Å². The molecule has 0 atom stereocenters. The summed E-state index contributed by atoms with van der Waals surface area (Å²) >= 11 is 0. The van der Waals surface area contributed by atoms with E-state index in [0.717, 1.165) is 23.2 Å². The Morgan fingerprint density at radius 2 is 1.90 bits per heavy atom. The Kier molecular flexibility index (Phi) is 2.93.